The molecule has 1 heteroatoms. The first-order valence-corrected chi connectivity index (χ1v) is 4.00. The topological polar surface area (TPSA) is 17.1 Å². The molecule has 0 saturated heterocycles. The van der Waals surface area contributed by atoms with Crippen molar-refractivity contribution in [2.24, 2.45) is 0 Å². The molecule has 0 fully saturated rings. The van der Waals surface area contributed by atoms with Crippen molar-refractivity contribution in [3.05, 3.63) is 12.2 Å². The summed E-state index contributed by atoms with van der Waals surface area (Å²) in [5.41, 5.74) is 0. The summed E-state index contributed by atoms with van der Waals surface area (Å²) in [7, 11) is 0. The molecular weight excluding hydrogens is 124 g/mol. The maximum absolute atomic E-state index is 10.9. The average molecular weight is 140 g/mol. The molecule has 0 heterocycles. The lowest BCUT2D eigenvalue weighted by Crippen LogP contribution is -1.90. The average Bonchev–Trinajstić information content (AvgIpc) is 1.97. The summed E-state index contributed by atoms with van der Waals surface area (Å²) >= 11 is 0. The third kappa shape index (κ3) is 5.54. The van der Waals surface area contributed by atoms with E-state index < -0.39 is 0 Å². The molecule has 0 aromatic carbocycles. The molecule has 0 atom stereocenters. The van der Waals surface area contributed by atoms with Crippen LogP contribution in [0.5, 0.6) is 0 Å². The van der Waals surface area contributed by atoms with Crippen LogP contribution in [0, 0.1) is 0 Å². The second-order valence-corrected chi connectivity index (χ2v) is 2.38. The fraction of sp³-hybridized carbons (Fsp3) is 0.667. The van der Waals surface area contributed by atoms with Crippen LogP contribution in [0.4, 0.5) is 0 Å². The molecule has 58 valence electrons. The highest BCUT2D eigenvalue weighted by atomic mass is 16.1. The van der Waals surface area contributed by atoms with Gasteiger partial charge in [0, 0.05) is 6.42 Å². The van der Waals surface area contributed by atoms with Gasteiger partial charge in [0.1, 0.15) is 0 Å². The molecule has 0 aromatic rings. The van der Waals surface area contributed by atoms with Gasteiger partial charge in [-0.15, -0.1) is 0 Å². The van der Waals surface area contributed by atoms with Crippen molar-refractivity contribution in [1.29, 1.82) is 0 Å². The smallest absolute Gasteiger partial charge is 0.155 e. The zero-order valence-corrected chi connectivity index (χ0v) is 6.89. The number of hydrogen-bond acceptors (Lipinski definition) is 1. The summed E-state index contributed by atoms with van der Waals surface area (Å²) in [6.07, 6.45) is 7.40. The van der Waals surface area contributed by atoms with Crippen LogP contribution in [0.3, 0.4) is 0 Å². The molecule has 1 nitrogen and oxygen atoms in total. The van der Waals surface area contributed by atoms with E-state index in [1.54, 1.807) is 6.08 Å². The predicted molar refractivity (Wildman–Crippen MR) is 44.0 cm³/mol. The molecule has 0 aliphatic heterocycles. The minimum atomic E-state index is 0.267. The number of carbonyl (C=O) groups is 1. The Bertz CT molecular complexity index is 114. The fourth-order valence-corrected chi connectivity index (χ4v) is 0.684. The predicted octanol–water partition coefficient (Wildman–Crippen LogP) is 2.71. The third-order valence-corrected chi connectivity index (χ3v) is 1.32. The van der Waals surface area contributed by atoms with Gasteiger partial charge in [0.25, 0.3) is 0 Å². The van der Waals surface area contributed by atoms with Gasteiger partial charge in [-0.05, 0) is 18.9 Å². The highest BCUT2D eigenvalue weighted by Gasteiger charge is 1.92. The summed E-state index contributed by atoms with van der Waals surface area (Å²) in [4.78, 5) is 10.9. The van der Waals surface area contributed by atoms with E-state index in [4.69, 9.17) is 0 Å². The monoisotopic (exact) mass is 140 g/mol. The largest absolute Gasteiger partial charge is 0.295 e. The highest BCUT2D eigenvalue weighted by molar-refractivity contribution is 5.89. The van der Waals surface area contributed by atoms with Gasteiger partial charge in [0.15, 0.2) is 5.78 Å². The van der Waals surface area contributed by atoms with Gasteiger partial charge in [-0.2, -0.15) is 0 Å². The lowest BCUT2D eigenvalue weighted by Gasteiger charge is -1.89. The molecule has 0 saturated carbocycles. The van der Waals surface area contributed by atoms with Crippen molar-refractivity contribution in [2.75, 3.05) is 0 Å². The van der Waals surface area contributed by atoms with Crippen LogP contribution in [0.25, 0.3) is 0 Å². The van der Waals surface area contributed by atoms with E-state index in [0.717, 1.165) is 19.3 Å². The molecule has 0 aliphatic carbocycles. The Balaban J connectivity index is 3.34. The van der Waals surface area contributed by atoms with Crippen molar-refractivity contribution >= 4 is 5.78 Å². The standard InChI is InChI=1S/C9H16O/c1-3-5-7-9(10)8-6-4-2/h5,7H,3-4,6,8H2,1-2H3. The SMILES string of the molecule is CCC=CC(=O)CCCC. The minimum absolute atomic E-state index is 0.267. The van der Waals surface area contributed by atoms with Gasteiger partial charge in [-0.1, -0.05) is 26.3 Å². The summed E-state index contributed by atoms with van der Waals surface area (Å²) in [5, 5.41) is 0. The molecule has 10 heavy (non-hydrogen) atoms. The van der Waals surface area contributed by atoms with Gasteiger partial charge in [0.2, 0.25) is 0 Å². The summed E-state index contributed by atoms with van der Waals surface area (Å²) in [5.74, 6) is 0.267. The molecule has 0 unspecified atom stereocenters. The number of allylic oxidation sites excluding steroid dienone is 2. The number of carbonyl (C=O) groups excluding carboxylic acids is 1. The van der Waals surface area contributed by atoms with Crippen LogP contribution in [-0.2, 0) is 4.79 Å². The van der Waals surface area contributed by atoms with E-state index in [1.807, 2.05) is 13.0 Å². The quantitative estimate of drug-likeness (QED) is 0.536. The maximum Gasteiger partial charge on any atom is 0.155 e. The minimum Gasteiger partial charge on any atom is -0.295 e. The normalized spacial score (nSPS) is 10.6. The Morgan fingerprint density at radius 1 is 1.40 bits per heavy atom. The van der Waals surface area contributed by atoms with Crippen molar-refractivity contribution in [3.8, 4) is 0 Å². The van der Waals surface area contributed by atoms with Crippen molar-refractivity contribution in [1.82, 2.24) is 0 Å². The Morgan fingerprint density at radius 2 is 2.10 bits per heavy atom. The second-order valence-electron chi connectivity index (χ2n) is 2.38. The number of rotatable bonds is 5. The van der Waals surface area contributed by atoms with E-state index in [2.05, 4.69) is 6.92 Å². The highest BCUT2D eigenvalue weighted by Crippen LogP contribution is 1.96. The molecular formula is C9H16O. The lowest BCUT2D eigenvalue weighted by atomic mass is 10.2. The third-order valence-electron chi connectivity index (χ3n) is 1.32. The van der Waals surface area contributed by atoms with Crippen molar-refractivity contribution in [2.45, 2.75) is 39.5 Å². The summed E-state index contributed by atoms with van der Waals surface area (Å²) in [6.45, 7) is 4.13. The van der Waals surface area contributed by atoms with E-state index in [0.29, 0.717) is 6.42 Å². The van der Waals surface area contributed by atoms with E-state index in [1.165, 1.54) is 0 Å². The summed E-state index contributed by atoms with van der Waals surface area (Å²) < 4.78 is 0. The molecule has 0 aliphatic rings. The van der Waals surface area contributed by atoms with Crippen LogP contribution in [0.15, 0.2) is 12.2 Å². The fourth-order valence-electron chi connectivity index (χ4n) is 0.684. The Morgan fingerprint density at radius 3 is 2.60 bits per heavy atom. The zero-order valence-electron chi connectivity index (χ0n) is 6.89. The van der Waals surface area contributed by atoms with Gasteiger partial charge < -0.3 is 0 Å². The lowest BCUT2D eigenvalue weighted by molar-refractivity contribution is -0.114. The molecule has 0 radical (unpaired) electrons. The molecule has 0 aromatic heterocycles. The van der Waals surface area contributed by atoms with Crippen LogP contribution < -0.4 is 0 Å². The van der Waals surface area contributed by atoms with Gasteiger partial charge >= 0.3 is 0 Å². The second kappa shape index (κ2) is 6.53. The number of ketones is 1. The molecule has 0 spiro atoms. The van der Waals surface area contributed by atoms with Gasteiger partial charge in [-0.3, -0.25) is 4.79 Å². The number of hydrogen-bond donors (Lipinski definition) is 0. The Kier molecular flexibility index (Phi) is 6.14. The summed E-state index contributed by atoms with van der Waals surface area (Å²) in [6, 6.07) is 0. The van der Waals surface area contributed by atoms with E-state index >= 15 is 0 Å². The van der Waals surface area contributed by atoms with Gasteiger partial charge in [-0.25, -0.2) is 0 Å². The Labute approximate surface area is 63.1 Å². The van der Waals surface area contributed by atoms with Gasteiger partial charge in [0.05, 0.1) is 0 Å². The number of unbranched alkanes of at least 4 members (excludes halogenated alkanes) is 1. The van der Waals surface area contributed by atoms with E-state index in [9.17, 15) is 4.79 Å². The first kappa shape index (κ1) is 9.41. The van der Waals surface area contributed by atoms with Crippen LogP contribution in [0.2, 0.25) is 0 Å². The maximum atomic E-state index is 10.9. The molecule has 0 amide bonds. The molecule has 0 bridgehead atoms. The Hall–Kier alpha value is -0.590. The van der Waals surface area contributed by atoms with E-state index in [-0.39, 0.29) is 5.78 Å². The molecule has 0 rings (SSSR count). The van der Waals surface area contributed by atoms with Crippen LogP contribution in [0.1, 0.15) is 39.5 Å². The first-order chi connectivity index (χ1) is 4.81. The van der Waals surface area contributed by atoms with Crippen LogP contribution >= 0.6 is 0 Å². The van der Waals surface area contributed by atoms with Crippen LogP contribution in [-0.4, -0.2) is 5.78 Å². The van der Waals surface area contributed by atoms with Crippen molar-refractivity contribution < 1.29 is 4.79 Å². The first-order valence-electron chi connectivity index (χ1n) is 4.00. The zero-order chi connectivity index (χ0) is 7.82. The molecule has 0 N–H and O–H groups in total. The van der Waals surface area contributed by atoms with Crippen molar-refractivity contribution in [3.63, 3.8) is 0 Å².